The van der Waals surface area contributed by atoms with Crippen LogP contribution in [-0.2, 0) is 9.68 Å². The molecule has 104 valence electrons. The number of non-ortho nitro benzene ring substituents is 1. The minimum Gasteiger partial charge on any atom is -0.285 e. The van der Waals surface area contributed by atoms with Crippen LogP contribution in [0.15, 0.2) is 30.5 Å². The van der Waals surface area contributed by atoms with Gasteiger partial charge in [-0.1, -0.05) is 13.8 Å². The lowest BCUT2D eigenvalue weighted by molar-refractivity contribution is -0.383. The van der Waals surface area contributed by atoms with Crippen molar-refractivity contribution in [2.24, 2.45) is 5.92 Å². The number of fused-ring (bicyclic) bond motifs is 1. The van der Waals surface area contributed by atoms with Gasteiger partial charge in [0.05, 0.1) is 16.2 Å². The predicted octanol–water partition coefficient (Wildman–Crippen LogP) is 2.64. The molecule has 0 aliphatic heterocycles. The Morgan fingerprint density at radius 1 is 1.35 bits per heavy atom. The molecule has 1 heterocycles. The second-order valence-electron chi connectivity index (χ2n) is 4.38. The molecule has 0 spiro atoms. The second-order valence-corrected chi connectivity index (χ2v) is 4.38. The molecular weight excluding hydrogens is 264 g/mol. The number of nitro benzene ring substituents is 1. The molecule has 2 aromatic rings. The summed E-state index contributed by atoms with van der Waals surface area (Å²) in [6.07, 6.45) is 1.48. The Morgan fingerprint density at radius 3 is 2.75 bits per heavy atom. The summed E-state index contributed by atoms with van der Waals surface area (Å²) < 4.78 is 0. The number of hydrogen-bond acceptors (Lipinski definition) is 6. The third-order valence-corrected chi connectivity index (χ3v) is 2.59. The van der Waals surface area contributed by atoms with Crippen molar-refractivity contribution in [3.63, 3.8) is 0 Å². The normalized spacial score (nSPS) is 10.6. The Labute approximate surface area is 114 Å². The van der Waals surface area contributed by atoms with E-state index in [9.17, 15) is 14.9 Å². The molecular formula is C13H12N2O5. The Hall–Kier alpha value is -2.70. The van der Waals surface area contributed by atoms with E-state index in [4.69, 9.17) is 4.89 Å². The molecule has 0 aliphatic carbocycles. The first-order valence-corrected chi connectivity index (χ1v) is 5.91. The van der Waals surface area contributed by atoms with Crippen molar-refractivity contribution in [2.75, 3.05) is 0 Å². The molecule has 0 N–H and O–H groups in total. The number of aromatic nitrogens is 1. The molecule has 0 aliphatic rings. The highest BCUT2D eigenvalue weighted by molar-refractivity contribution is 5.92. The van der Waals surface area contributed by atoms with Gasteiger partial charge in [0.15, 0.2) is 0 Å². The first-order valence-electron chi connectivity index (χ1n) is 5.91. The van der Waals surface area contributed by atoms with E-state index in [-0.39, 0.29) is 22.9 Å². The van der Waals surface area contributed by atoms with Crippen molar-refractivity contribution < 1.29 is 19.5 Å². The van der Waals surface area contributed by atoms with Crippen LogP contribution >= 0.6 is 0 Å². The Kier molecular flexibility index (Phi) is 3.79. The summed E-state index contributed by atoms with van der Waals surface area (Å²) in [5.74, 6) is -0.722. The number of pyridine rings is 1. The van der Waals surface area contributed by atoms with Crippen LogP contribution in [0.3, 0.4) is 0 Å². The predicted molar refractivity (Wildman–Crippen MR) is 70.0 cm³/mol. The third-order valence-electron chi connectivity index (χ3n) is 2.59. The molecule has 7 heteroatoms. The molecule has 0 radical (unpaired) electrons. The van der Waals surface area contributed by atoms with Gasteiger partial charge < -0.3 is 0 Å². The average molecular weight is 276 g/mol. The summed E-state index contributed by atoms with van der Waals surface area (Å²) >= 11 is 0. The Bertz CT molecular complexity index is 669. The van der Waals surface area contributed by atoms with Crippen molar-refractivity contribution in [3.8, 4) is 5.75 Å². The summed E-state index contributed by atoms with van der Waals surface area (Å²) in [6, 6.07) is 5.76. The van der Waals surface area contributed by atoms with Gasteiger partial charge in [-0.05, 0) is 18.2 Å². The van der Waals surface area contributed by atoms with E-state index >= 15 is 0 Å². The fraction of sp³-hybridized carbons (Fsp3) is 0.231. The van der Waals surface area contributed by atoms with Gasteiger partial charge in [0, 0.05) is 12.3 Å². The Balaban J connectivity index is 2.38. The minimum atomic E-state index is -0.535. The molecule has 0 unspecified atom stereocenters. The van der Waals surface area contributed by atoms with E-state index in [0.29, 0.717) is 5.39 Å². The summed E-state index contributed by atoms with van der Waals surface area (Å²) in [6.45, 7) is 3.33. The zero-order valence-corrected chi connectivity index (χ0v) is 10.9. The number of hydrogen-bond donors (Lipinski definition) is 0. The fourth-order valence-corrected chi connectivity index (χ4v) is 1.54. The molecule has 0 fully saturated rings. The fourth-order valence-electron chi connectivity index (χ4n) is 1.54. The zero-order chi connectivity index (χ0) is 14.7. The van der Waals surface area contributed by atoms with Crippen molar-refractivity contribution in [1.29, 1.82) is 0 Å². The number of rotatable bonds is 4. The first kappa shape index (κ1) is 13.7. The van der Waals surface area contributed by atoms with Crippen molar-refractivity contribution in [3.05, 3.63) is 40.6 Å². The molecule has 0 bridgehead atoms. The molecule has 1 aromatic carbocycles. The van der Waals surface area contributed by atoms with Gasteiger partial charge in [-0.15, -0.1) is 0 Å². The molecule has 2 rings (SSSR count). The highest BCUT2D eigenvalue weighted by Gasteiger charge is 2.18. The van der Waals surface area contributed by atoms with Gasteiger partial charge in [0.1, 0.15) is 5.52 Å². The van der Waals surface area contributed by atoms with E-state index in [1.807, 2.05) is 0 Å². The van der Waals surface area contributed by atoms with Crippen LogP contribution in [0.2, 0.25) is 0 Å². The minimum absolute atomic E-state index is 0.0874. The average Bonchev–Trinajstić information content (AvgIpc) is 2.43. The maximum Gasteiger partial charge on any atom is 0.357 e. The Morgan fingerprint density at radius 2 is 2.10 bits per heavy atom. The van der Waals surface area contributed by atoms with Gasteiger partial charge in [-0.3, -0.25) is 24.9 Å². The van der Waals surface area contributed by atoms with Crippen molar-refractivity contribution in [1.82, 2.24) is 4.98 Å². The molecule has 1 aromatic heterocycles. The summed E-state index contributed by atoms with van der Waals surface area (Å²) in [7, 11) is 0. The summed E-state index contributed by atoms with van der Waals surface area (Å²) in [5.41, 5.74) is 0.175. The van der Waals surface area contributed by atoms with E-state index in [0.717, 1.165) is 0 Å². The van der Waals surface area contributed by atoms with Gasteiger partial charge in [-0.25, -0.2) is 4.79 Å². The van der Waals surface area contributed by atoms with Crippen LogP contribution in [-0.4, -0.2) is 15.9 Å². The standard InChI is InChI=1S/C13H12N2O5/c1-8(2)13(16)20-19-11-6-5-10(15(17)18)9-4-3-7-14-12(9)11/h3-8H,1-2H3. The SMILES string of the molecule is CC(C)C(=O)OOc1ccc([N+](=O)[O-])c2cccnc12. The number of nitrogens with zero attached hydrogens (tertiary/aromatic N) is 2. The molecule has 0 saturated carbocycles. The van der Waals surface area contributed by atoms with Gasteiger partial charge >= 0.3 is 5.97 Å². The largest absolute Gasteiger partial charge is 0.357 e. The maximum atomic E-state index is 11.4. The van der Waals surface area contributed by atoms with E-state index in [1.54, 1.807) is 26.0 Å². The lowest BCUT2D eigenvalue weighted by atomic mass is 10.1. The number of benzene rings is 1. The lowest BCUT2D eigenvalue weighted by Gasteiger charge is -2.08. The van der Waals surface area contributed by atoms with Crippen LogP contribution in [0.25, 0.3) is 10.9 Å². The number of carbonyl (C=O) groups is 1. The first-order chi connectivity index (χ1) is 9.50. The highest BCUT2D eigenvalue weighted by atomic mass is 17.2. The third kappa shape index (κ3) is 2.66. The number of nitro groups is 1. The molecule has 0 atom stereocenters. The zero-order valence-electron chi connectivity index (χ0n) is 10.9. The van der Waals surface area contributed by atoms with Crippen LogP contribution in [0.4, 0.5) is 5.69 Å². The van der Waals surface area contributed by atoms with E-state index < -0.39 is 10.9 Å². The van der Waals surface area contributed by atoms with Crippen LogP contribution in [0.5, 0.6) is 5.75 Å². The van der Waals surface area contributed by atoms with Crippen LogP contribution < -0.4 is 4.89 Å². The van der Waals surface area contributed by atoms with Crippen molar-refractivity contribution >= 4 is 22.6 Å². The maximum absolute atomic E-state index is 11.4. The van der Waals surface area contributed by atoms with Crippen LogP contribution in [0, 0.1) is 16.0 Å². The second kappa shape index (κ2) is 5.52. The van der Waals surface area contributed by atoms with Gasteiger partial charge in [0.2, 0.25) is 5.75 Å². The van der Waals surface area contributed by atoms with Crippen LogP contribution in [0.1, 0.15) is 13.8 Å². The molecule has 7 nitrogen and oxygen atoms in total. The molecule has 20 heavy (non-hydrogen) atoms. The van der Waals surface area contributed by atoms with E-state index in [1.165, 1.54) is 18.3 Å². The topological polar surface area (TPSA) is 91.6 Å². The highest BCUT2D eigenvalue weighted by Crippen LogP contribution is 2.31. The summed E-state index contributed by atoms with van der Waals surface area (Å²) in [4.78, 5) is 35.4. The van der Waals surface area contributed by atoms with Gasteiger partial charge in [-0.2, -0.15) is 0 Å². The van der Waals surface area contributed by atoms with Crippen molar-refractivity contribution in [2.45, 2.75) is 13.8 Å². The quantitative estimate of drug-likeness (QED) is 0.484. The smallest absolute Gasteiger partial charge is 0.285 e. The summed E-state index contributed by atoms with van der Waals surface area (Å²) in [5, 5.41) is 11.2. The lowest BCUT2D eigenvalue weighted by Crippen LogP contribution is -2.14. The van der Waals surface area contributed by atoms with Gasteiger partial charge in [0.25, 0.3) is 5.69 Å². The molecule has 0 saturated heterocycles. The number of carbonyl (C=O) groups excluding carboxylic acids is 1. The van der Waals surface area contributed by atoms with E-state index in [2.05, 4.69) is 9.87 Å². The monoisotopic (exact) mass is 276 g/mol. The molecule has 0 amide bonds.